The number of benzene rings is 1. The summed E-state index contributed by atoms with van der Waals surface area (Å²) in [6.07, 6.45) is 2.75. The molecule has 0 spiro atoms. The largest absolute Gasteiger partial charge is 0.339 e. The van der Waals surface area contributed by atoms with Crippen LogP contribution in [0.15, 0.2) is 22.7 Å². The zero-order chi connectivity index (χ0) is 14.5. The third kappa shape index (κ3) is 3.95. The van der Waals surface area contributed by atoms with Crippen molar-refractivity contribution in [1.29, 1.82) is 0 Å². The Morgan fingerprint density at radius 2 is 2.05 bits per heavy atom. The molecule has 1 atom stereocenters. The molecule has 2 rings (SSSR count). The average Bonchev–Trinajstić information content (AvgIpc) is 2.89. The third-order valence-electron chi connectivity index (χ3n) is 3.16. The SMILES string of the molecule is CC(CCN)CCc1nc(-c2ccc(Cl)c(Cl)c2)no1. The van der Waals surface area contributed by atoms with Crippen molar-refractivity contribution < 1.29 is 4.52 Å². The van der Waals surface area contributed by atoms with Crippen LogP contribution in [0.3, 0.4) is 0 Å². The molecule has 0 amide bonds. The van der Waals surface area contributed by atoms with Crippen LogP contribution in [0.4, 0.5) is 0 Å². The van der Waals surface area contributed by atoms with Gasteiger partial charge in [0.1, 0.15) is 0 Å². The molecular weight excluding hydrogens is 297 g/mol. The molecule has 0 aliphatic heterocycles. The van der Waals surface area contributed by atoms with Crippen molar-refractivity contribution in [2.24, 2.45) is 11.7 Å². The van der Waals surface area contributed by atoms with Gasteiger partial charge in [0.15, 0.2) is 0 Å². The first kappa shape index (κ1) is 15.3. The van der Waals surface area contributed by atoms with Crippen LogP contribution in [0.2, 0.25) is 10.0 Å². The van der Waals surface area contributed by atoms with Crippen molar-refractivity contribution in [2.75, 3.05) is 6.54 Å². The monoisotopic (exact) mass is 313 g/mol. The van der Waals surface area contributed by atoms with Crippen LogP contribution >= 0.6 is 23.2 Å². The predicted molar refractivity (Wildman–Crippen MR) is 80.9 cm³/mol. The van der Waals surface area contributed by atoms with Crippen molar-refractivity contribution in [3.8, 4) is 11.4 Å². The minimum atomic E-state index is 0.479. The lowest BCUT2D eigenvalue weighted by atomic mass is 10.0. The predicted octanol–water partition coefficient (Wildman–Crippen LogP) is 3.96. The van der Waals surface area contributed by atoms with Gasteiger partial charge in [-0.25, -0.2) is 0 Å². The van der Waals surface area contributed by atoms with Crippen LogP contribution in [-0.4, -0.2) is 16.7 Å². The molecule has 2 aromatic rings. The van der Waals surface area contributed by atoms with Gasteiger partial charge in [-0.3, -0.25) is 0 Å². The summed E-state index contributed by atoms with van der Waals surface area (Å²) in [5.74, 6) is 1.72. The molecule has 0 fully saturated rings. The second-order valence-electron chi connectivity index (χ2n) is 4.86. The maximum Gasteiger partial charge on any atom is 0.226 e. The van der Waals surface area contributed by atoms with E-state index in [4.69, 9.17) is 33.5 Å². The van der Waals surface area contributed by atoms with Crippen LogP contribution in [0.1, 0.15) is 25.7 Å². The molecule has 0 saturated carbocycles. The number of rotatable bonds is 6. The van der Waals surface area contributed by atoms with Gasteiger partial charge in [-0.05, 0) is 43.5 Å². The molecule has 4 nitrogen and oxygen atoms in total. The Morgan fingerprint density at radius 1 is 1.25 bits per heavy atom. The second kappa shape index (κ2) is 7.07. The first-order chi connectivity index (χ1) is 9.60. The Kier molecular flexibility index (Phi) is 5.40. The third-order valence-corrected chi connectivity index (χ3v) is 3.90. The van der Waals surface area contributed by atoms with Gasteiger partial charge in [0.05, 0.1) is 10.0 Å². The van der Waals surface area contributed by atoms with Gasteiger partial charge in [0.2, 0.25) is 11.7 Å². The Morgan fingerprint density at radius 3 is 2.75 bits per heavy atom. The summed E-state index contributed by atoms with van der Waals surface area (Å²) in [6, 6.07) is 5.27. The fourth-order valence-corrected chi connectivity index (χ4v) is 2.21. The average molecular weight is 314 g/mol. The van der Waals surface area contributed by atoms with Gasteiger partial charge in [-0.15, -0.1) is 0 Å². The number of aryl methyl sites for hydroxylation is 1. The standard InChI is InChI=1S/C14H17Cl2N3O/c1-9(6-7-17)2-5-13-18-14(19-20-13)10-3-4-11(15)12(16)8-10/h3-4,8-9H,2,5-7,17H2,1H3. The minimum absolute atomic E-state index is 0.479. The lowest BCUT2D eigenvalue weighted by molar-refractivity contribution is 0.362. The van der Waals surface area contributed by atoms with Crippen LogP contribution in [-0.2, 0) is 6.42 Å². The zero-order valence-electron chi connectivity index (χ0n) is 11.3. The van der Waals surface area contributed by atoms with Gasteiger partial charge in [0, 0.05) is 12.0 Å². The first-order valence-electron chi connectivity index (χ1n) is 6.58. The zero-order valence-corrected chi connectivity index (χ0v) is 12.8. The quantitative estimate of drug-likeness (QED) is 0.876. The first-order valence-corrected chi connectivity index (χ1v) is 7.34. The highest BCUT2D eigenvalue weighted by Gasteiger charge is 2.11. The molecule has 1 heterocycles. The highest BCUT2D eigenvalue weighted by atomic mass is 35.5. The highest BCUT2D eigenvalue weighted by molar-refractivity contribution is 6.42. The maximum absolute atomic E-state index is 5.98. The van der Waals surface area contributed by atoms with Gasteiger partial charge < -0.3 is 10.3 Å². The van der Waals surface area contributed by atoms with Crippen LogP contribution in [0.5, 0.6) is 0 Å². The van der Waals surface area contributed by atoms with E-state index in [1.165, 1.54) is 0 Å². The second-order valence-corrected chi connectivity index (χ2v) is 5.68. The van der Waals surface area contributed by atoms with Crippen LogP contribution in [0.25, 0.3) is 11.4 Å². The molecule has 1 aromatic heterocycles. The summed E-state index contributed by atoms with van der Waals surface area (Å²) in [5, 5.41) is 4.96. The molecule has 20 heavy (non-hydrogen) atoms. The fraction of sp³-hybridized carbons (Fsp3) is 0.429. The molecule has 1 unspecified atom stereocenters. The smallest absolute Gasteiger partial charge is 0.226 e. The van der Waals surface area contributed by atoms with Crippen molar-refractivity contribution in [3.63, 3.8) is 0 Å². The Balaban J connectivity index is 2.03. The molecule has 0 radical (unpaired) electrons. The van der Waals surface area contributed by atoms with E-state index in [1.807, 2.05) is 6.07 Å². The number of hydrogen-bond acceptors (Lipinski definition) is 4. The van der Waals surface area contributed by atoms with E-state index < -0.39 is 0 Å². The number of hydrogen-bond donors (Lipinski definition) is 1. The van der Waals surface area contributed by atoms with E-state index in [2.05, 4.69) is 17.1 Å². The van der Waals surface area contributed by atoms with Gasteiger partial charge >= 0.3 is 0 Å². The fourth-order valence-electron chi connectivity index (χ4n) is 1.91. The highest BCUT2D eigenvalue weighted by Crippen LogP contribution is 2.27. The topological polar surface area (TPSA) is 64.9 Å². The van der Waals surface area contributed by atoms with Crippen molar-refractivity contribution in [2.45, 2.75) is 26.2 Å². The van der Waals surface area contributed by atoms with Gasteiger partial charge in [0.25, 0.3) is 0 Å². The summed E-state index contributed by atoms with van der Waals surface area (Å²) in [6.45, 7) is 2.88. The van der Waals surface area contributed by atoms with Crippen molar-refractivity contribution in [1.82, 2.24) is 10.1 Å². The maximum atomic E-state index is 5.98. The molecule has 0 saturated heterocycles. The molecule has 0 bridgehead atoms. The Bertz CT molecular complexity index is 571. The van der Waals surface area contributed by atoms with E-state index in [0.717, 1.165) is 24.8 Å². The van der Waals surface area contributed by atoms with Crippen molar-refractivity contribution in [3.05, 3.63) is 34.1 Å². The number of nitrogens with zero attached hydrogens (tertiary/aromatic N) is 2. The number of aromatic nitrogens is 2. The van der Waals surface area contributed by atoms with Gasteiger partial charge in [-0.1, -0.05) is 35.3 Å². The van der Waals surface area contributed by atoms with E-state index in [9.17, 15) is 0 Å². The van der Waals surface area contributed by atoms with E-state index in [0.29, 0.717) is 34.2 Å². The normalized spacial score (nSPS) is 12.6. The molecule has 108 valence electrons. The lowest BCUT2D eigenvalue weighted by Crippen LogP contribution is -2.06. The Hall–Kier alpha value is -1.10. The van der Waals surface area contributed by atoms with E-state index in [-0.39, 0.29) is 0 Å². The van der Waals surface area contributed by atoms with Gasteiger partial charge in [-0.2, -0.15) is 4.98 Å². The number of halogens is 2. The summed E-state index contributed by atoms with van der Waals surface area (Å²) >= 11 is 11.9. The molecule has 2 N–H and O–H groups in total. The van der Waals surface area contributed by atoms with Crippen LogP contribution in [0, 0.1) is 5.92 Å². The summed E-state index contributed by atoms with van der Waals surface area (Å²) in [4.78, 5) is 4.37. The summed E-state index contributed by atoms with van der Waals surface area (Å²) < 4.78 is 5.25. The summed E-state index contributed by atoms with van der Waals surface area (Å²) in [7, 11) is 0. The molecule has 6 heteroatoms. The Labute approximate surface area is 128 Å². The van der Waals surface area contributed by atoms with Crippen molar-refractivity contribution >= 4 is 23.2 Å². The number of nitrogens with two attached hydrogens (primary N) is 1. The molecule has 0 aliphatic rings. The molecule has 0 aliphatic carbocycles. The molecule has 1 aromatic carbocycles. The molecular formula is C14H17Cl2N3O. The van der Waals surface area contributed by atoms with Crippen LogP contribution < -0.4 is 5.73 Å². The van der Waals surface area contributed by atoms with E-state index >= 15 is 0 Å². The summed E-state index contributed by atoms with van der Waals surface area (Å²) in [5.41, 5.74) is 6.33. The lowest BCUT2D eigenvalue weighted by Gasteiger charge is -2.06. The minimum Gasteiger partial charge on any atom is -0.339 e. The van der Waals surface area contributed by atoms with E-state index in [1.54, 1.807) is 12.1 Å².